The lowest BCUT2D eigenvalue weighted by atomic mass is 10.1. The molecule has 21 heavy (non-hydrogen) atoms. The summed E-state index contributed by atoms with van der Waals surface area (Å²) in [6, 6.07) is 5.33. The molecular weight excluding hydrogens is 288 g/mol. The minimum atomic E-state index is -3.50. The van der Waals surface area contributed by atoms with Crippen LogP contribution in [0.4, 0.5) is 0 Å². The van der Waals surface area contributed by atoms with Gasteiger partial charge in [0.25, 0.3) is 0 Å². The molecule has 1 saturated heterocycles. The molecule has 1 aromatic rings. The normalized spacial score (nSPS) is 19.9. The van der Waals surface area contributed by atoms with Gasteiger partial charge in [-0.3, -0.25) is 0 Å². The van der Waals surface area contributed by atoms with Gasteiger partial charge >= 0.3 is 0 Å². The summed E-state index contributed by atoms with van der Waals surface area (Å²) in [5, 5.41) is 0. The molecule has 1 atom stereocenters. The van der Waals surface area contributed by atoms with Gasteiger partial charge < -0.3 is 10.5 Å². The predicted molar refractivity (Wildman–Crippen MR) is 82.5 cm³/mol. The number of hydrogen-bond acceptors (Lipinski definition) is 4. The van der Waals surface area contributed by atoms with E-state index in [2.05, 4.69) is 0 Å². The Hall–Kier alpha value is -0.950. The van der Waals surface area contributed by atoms with E-state index >= 15 is 0 Å². The largest absolute Gasteiger partial charge is 0.377 e. The lowest BCUT2D eigenvalue weighted by Gasteiger charge is -2.27. The average Bonchev–Trinajstić information content (AvgIpc) is 2.48. The van der Waals surface area contributed by atoms with Gasteiger partial charge in [-0.2, -0.15) is 4.31 Å². The number of nitrogens with two attached hydrogens (primary N) is 1. The van der Waals surface area contributed by atoms with E-state index in [1.165, 1.54) is 4.31 Å². The lowest BCUT2D eigenvalue weighted by molar-refractivity contribution is 0.00858. The molecular formula is C15H24N2O3S. The zero-order valence-corrected chi connectivity index (χ0v) is 13.5. The molecule has 0 aromatic heterocycles. The summed E-state index contributed by atoms with van der Waals surface area (Å²) in [4.78, 5) is 0.337. The fraction of sp³-hybridized carbons (Fsp3) is 0.600. The molecule has 6 heteroatoms. The van der Waals surface area contributed by atoms with Crippen LogP contribution in [0.3, 0.4) is 0 Å². The van der Waals surface area contributed by atoms with Gasteiger partial charge in [0.2, 0.25) is 10.0 Å². The van der Waals surface area contributed by atoms with Crippen LogP contribution in [-0.4, -0.2) is 39.0 Å². The van der Waals surface area contributed by atoms with Crippen molar-refractivity contribution in [3.63, 3.8) is 0 Å². The van der Waals surface area contributed by atoms with Gasteiger partial charge in [0.1, 0.15) is 0 Å². The number of aryl methyl sites for hydroxylation is 1. The van der Waals surface area contributed by atoms with Gasteiger partial charge in [0, 0.05) is 26.7 Å². The number of benzene rings is 1. The van der Waals surface area contributed by atoms with Crippen LogP contribution in [0.15, 0.2) is 23.1 Å². The number of likely N-dealkylation sites (N-methyl/N-ethyl adjacent to an activating group) is 1. The molecule has 0 spiro atoms. The van der Waals surface area contributed by atoms with Crippen molar-refractivity contribution in [2.24, 2.45) is 5.73 Å². The molecule has 0 bridgehead atoms. The van der Waals surface area contributed by atoms with E-state index in [4.69, 9.17) is 10.5 Å². The van der Waals surface area contributed by atoms with Gasteiger partial charge in [-0.05, 0) is 43.4 Å². The average molecular weight is 312 g/mol. The van der Waals surface area contributed by atoms with Crippen LogP contribution in [0.2, 0.25) is 0 Å². The van der Waals surface area contributed by atoms with Crippen molar-refractivity contribution in [3.8, 4) is 0 Å². The number of nitrogens with zero attached hydrogens (tertiary/aromatic N) is 1. The number of ether oxygens (including phenoxy) is 1. The zero-order valence-electron chi connectivity index (χ0n) is 12.7. The maximum Gasteiger partial charge on any atom is 0.243 e. The summed E-state index contributed by atoms with van der Waals surface area (Å²) in [5.41, 5.74) is 7.17. The molecule has 5 nitrogen and oxygen atoms in total. The standard InChI is InChI=1S/C15H24N2O3S/c1-12-6-7-13(10-16)9-15(12)21(18,19)17(2)11-14-5-3-4-8-20-14/h6-7,9,14H,3-5,8,10-11,16H2,1-2H3. The van der Waals surface area contributed by atoms with Crippen LogP contribution in [0.25, 0.3) is 0 Å². The van der Waals surface area contributed by atoms with Crippen molar-refractivity contribution in [2.45, 2.75) is 43.7 Å². The van der Waals surface area contributed by atoms with Crippen molar-refractivity contribution in [1.29, 1.82) is 0 Å². The van der Waals surface area contributed by atoms with Gasteiger partial charge in [-0.1, -0.05) is 12.1 Å². The second-order valence-corrected chi connectivity index (χ2v) is 7.59. The molecule has 1 fully saturated rings. The smallest absolute Gasteiger partial charge is 0.243 e. The van der Waals surface area contributed by atoms with Crippen LogP contribution in [0.5, 0.6) is 0 Å². The first kappa shape index (κ1) is 16.4. The maximum atomic E-state index is 12.7. The van der Waals surface area contributed by atoms with E-state index in [9.17, 15) is 8.42 Å². The van der Waals surface area contributed by atoms with E-state index in [1.807, 2.05) is 6.07 Å². The monoisotopic (exact) mass is 312 g/mol. The van der Waals surface area contributed by atoms with Crippen molar-refractivity contribution in [2.75, 3.05) is 20.2 Å². The first-order valence-corrected chi connectivity index (χ1v) is 8.76. The van der Waals surface area contributed by atoms with Crippen molar-refractivity contribution in [1.82, 2.24) is 4.31 Å². The zero-order chi connectivity index (χ0) is 15.5. The molecule has 0 saturated carbocycles. The second-order valence-electron chi connectivity index (χ2n) is 5.58. The Morgan fingerprint density at radius 3 is 2.76 bits per heavy atom. The van der Waals surface area contributed by atoms with Gasteiger partial charge in [0.15, 0.2) is 0 Å². The molecule has 0 amide bonds. The summed E-state index contributed by atoms with van der Waals surface area (Å²) in [6.45, 7) is 3.26. The molecule has 0 aliphatic carbocycles. The first-order chi connectivity index (χ1) is 9.95. The van der Waals surface area contributed by atoms with Gasteiger partial charge in [-0.15, -0.1) is 0 Å². The molecule has 2 N–H and O–H groups in total. The van der Waals surface area contributed by atoms with E-state index in [0.717, 1.165) is 37.0 Å². The van der Waals surface area contributed by atoms with Crippen molar-refractivity contribution >= 4 is 10.0 Å². The Bertz CT molecular complexity index is 581. The van der Waals surface area contributed by atoms with Crippen LogP contribution in [0, 0.1) is 6.92 Å². The summed E-state index contributed by atoms with van der Waals surface area (Å²) in [7, 11) is -1.89. The minimum Gasteiger partial charge on any atom is -0.377 e. The fourth-order valence-electron chi connectivity index (χ4n) is 2.55. The predicted octanol–water partition coefficient (Wildman–Crippen LogP) is 1.64. The number of hydrogen-bond donors (Lipinski definition) is 1. The SMILES string of the molecule is Cc1ccc(CN)cc1S(=O)(=O)N(C)CC1CCCCO1. The number of rotatable bonds is 5. The van der Waals surface area contributed by atoms with E-state index in [1.54, 1.807) is 26.1 Å². The highest BCUT2D eigenvalue weighted by Crippen LogP contribution is 2.22. The minimum absolute atomic E-state index is 0.00322. The molecule has 1 aliphatic rings. The van der Waals surface area contributed by atoms with E-state index < -0.39 is 10.0 Å². The highest BCUT2D eigenvalue weighted by molar-refractivity contribution is 7.89. The Morgan fingerprint density at radius 1 is 1.38 bits per heavy atom. The van der Waals surface area contributed by atoms with E-state index in [-0.39, 0.29) is 6.10 Å². The molecule has 1 heterocycles. The molecule has 2 rings (SSSR count). The Morgan fingerprint density at radius 2 is 2.14 bits per heavy atom. The number of sulfonamides is 1. The quantitative estimate of drug-likeness (QED) is 0.897. The fourth-order valence-corrected chi connectivity index (χ4v) is 4.03. The molecule has 1 aromatic carbocycles. The van der Waals surface area contributed by atoms with Gasteiger partial charge in [0.05, 0.1) is 11.0 Å². The second kappa shape index (κ2) is 6.87. The van der Waals surface area contributed by atoms with Crippen LogP contribution < -0.4 is 5.73 Å². The topological polar surface area (TPSA) is 72.6 Å². The molecule has 1 unspecified atom stereocenters. The third-order valence-electron chi connectivity index (χ3n) is 3.91. The Balaban J connectivity index is 2.20. The van der Waals surface area contributed by atoms with Crippen LogP contribution in [-0.2, 0) is 21.3 Å². The Labute approximate surface area is 127 Å². The summed E-state index contributed by atoms with van der Waals surface area (Å²) in [5.74, 6) is 0. The van der Waals surface area contributed by atoms with E-state index in [0.29, 0.717) is 18.0 Å². The van der Waals surface area contributed by atoms with Crippen LogP contribution >= 0.6 is 0 Å². The highest BCUT2D eigenvalue weighted by Gasteiger charge is 2.26. The summed E-state index contributed by atoms with van der Waals surface area (Å²) < 4.78 is 32.5. The molecule has 118 valence electrons. The lowest BCUT2D eigenvalue weighted by Crippen LogP contribution is -2.37. The van der Waals surface area contributed by atoms with Crippen molar-refractivity contribution in [3.05, 3.63) is 29.3 Å². The van der Waals surface area contributed by atoms with Crippen LogP contribution in [0.1, 0.15) is 30.4 Å². The summed E-state index contributed by atoms with van der Waals surface area (Å²) >= 11 is 0. The summed E-state index contributed by atoms with van der Waals surface area (Å²) in [6.07, 6.45) is 3.07. The van der Waals surface area contributed by atoms with Gasteiger partial charge in [-0.25, -0.2) is 8.42 Å². The molecule has 1 aliphatic heterocycles. The third-order valence-corrected chi connectivity index (χ3v) is 5.88. The Kier molecular flexibility index (Phi) is 5.37. The maximum absolute atomic E-state index is 12.7. The third kappa shape index (κ3) is 3.83. The molecule has 0 radical (unpaired) electrons. The highest BCUT2D eigenvalue weighted by atomic mass is 32.2. The van der Waals surface area contributed by atoms with Crippen molar-refractivity contribution < 1.29 is 13.2 Å². The first-order valence-electron chi connectivity index (χ1n) is 7.32.